The maximum Gasteiger partial charge on any atom is 0.573 e. The van der Waals surface area contributed by atoms with Crippen LogP contribution in [0.5, 0.6) is 5.75 Å². The van der Waals surface area contributed by atoms with Gasteiger partial charge in [-0.05, 0) is 73.9 Å². The number of benzene rings is 2. The van der Waals surface area contributed by atoms with Gasteiger partial charge >= 0.3 is 6.36 Å². The summed E-state index contributed by atoms with van der Waals surface area (Å²) < 4.78 is 68.0. The first kappa shape index (κ1) is 32.5. The number of nitrogens with two attached hydrogens (primary N) is 1. The van der Waals surface area contributed by atoms with Crippen LogP contribution in [0.4, 0.5) is 18.9 Å². The summed E-state index contributed by atoms with van der Waals surface area (Å²) in [6.07, 6.45) is -1.26. The van der Waals surface area contributed by atoms with E-state index in [1.165, 1.54) is 11.8 Å². The van der Waals surface area contributed by atoms with E-state index in [0.29, 0.717) is 12.8 Å². The fourth-order valence-electron chi connectivity index (χ4n) is 4.84. The molecule has 1 fully saturated rings. The van der Waals surface area contributed by atoms with Gasteiger partial charge in [-0.3, -0.25) is 9.59 Å². The molecular formula is C27H35F3N4O5S2. The van der Waals surface area contributed by atoms with Crippen molar-refractivity contribution >= 4 is 39.1 Å². The smallest absolute Gasteiger partial charge is 0.406 e. The van der Waals surface area contributed by atoms with Crippen LogP contribution in [0.1, 0.15) is 43.5 Å². The Morgan fingerprint density at radius 3 is 2.41 bits per heavy atom. The number of nitrogen functional groups attached to an aromatic ring is 1. The molecule has 0 bridgehead atoms. The number of nitrogens with one attached hydrogen (secondary N) is 3. The number of alkyl halides is 3. The maximum absolute atomic E-state index is 13.2. The van der Waals surface area contributed by atoms with Gasteiger partial charge in [-0.2, -0.15) is 0 Å². The van der Waals surface area contributed by atoms with E-state index in [9.17, 15) is 31.2 Å². The Hall–Kier alpha value is -2.97. The molecule has 14 heteroatoms. The quantitative estimate of drug-likeness (QED) is 0.221. The molecule has 3 rings (SSSR count). The zero-order valence-corrected chi connectivity index (χ0v) is 24.6. The number of carbonyl (C=O) groups is 2. The Kier molecular flexibility index (Phi) is 11.0. The maximum atomic E-state index is 13.2. The highest BCUT2D eigenvalue weighted by Crippen LogP contribution is 2.30. The molecule has 226 valence electrons. The summed E-state index contributed by atoms with van der Waals surface area (Å²) in [6.45, 7) is 3.51. The van der Waals surface area contributed by atoms with Crippen molar-refractivity contribution < 1.29 is 35.9 Å². The van der Waals surface area contributed by atoms with E-state index in [-0.39, 0.29) is 39.9 Å². The molecule has 0 unspecified atom stereocenters. The second-order valence-corrected chi connectivity index (χ2v) is 13.1. The molecule has 2 aromatic carbocycles. The SMILES string of the molecule is CSc1ccc(S(=O)(=O)C[C@@H]2CC[C@@H](NC(C)C)C[C@@H]2NC(=O)CNC(=O)c2cc(OC(F)(F)F)ccc2N)cc1. The molecule has 2 aromatic rings. The predicted octanol–water partition coefficient (Wildman–Crippen LogP) is 3.74. The molecule has 1 aliphatic rings. The number of amides is 2. The number of hydrogen-bond donors (Lipinski definition) is 4. The third-order valence-electron chi connectivity index (χ3n) is 6.67. The predicted molar refractivity (Wildman–Crippen MR) is 151 cm³/mol. The lowest BCUT2D eigenvalue weighted by molar-refractivity contribution is -0.274. The molecule has 5 N–H and O–H groups in total. The largest absolute Gasteiger partial charge is 0.573 e. The van der Waals surface area contributed by atoms with Crippen molar-refractivity contribution in [2.75, 3.05) is 24.3 Å². The van der Waals surface area contributed by atoms with Crippen molar-refractivity contribution in [1.82, 2.24) is 16.0 Å². The van der Waals surface area contributed by atoms with Gasteiger partial charge in [-0.1, -0.05) is 13.8 Å². The van der Waals surface area contributed by atoms with Crippen molar-refractivity contribution in [2.45, 2.75) is 67.4 Å². The van der Waals surface area contributed by atoms with E-state index in [1.807, 2.05) is 20.1 Å². The van der Waals surface area contributed by atoms with E-state index < -0.39 is 46.4 Å². The average molecular weight is 617 g/mol. The molecule has 0 saturated heterocycles. The molecule has 0 aliphatic heterocycles. The van der Waals surface area contributed by atoms with Crippen LogP contribution in [0.15, 0.2) is 52.3 Å². The van der Waals surface area contributed by atoms with Crippen LogP contribution in [0.3, 0.4) is 0 Å². The summed E-state index contributed by atoms with van der Waals surface area (Å²) in [5, 5.41) is 8.65. The van der Waals surface area contributed by atoms with Gasteiger partial charge in [0.25, 0.3) is 5.91 Å². The van der Waals surface area contributed by atoms with Crippen molar-refractivity contribution in [3.63, 3.8) is 0 Å². The van der Waals surface area contributed by atoms with E-state index in [1.54, 1.807) is 24.3 Å². The minimum atomic E-state index is -4.95. The topological polar surface area (TPSA) is 140 Å². The average Bonchev–Trinajstić information content (AvgIpc) is 2.88. The Labute approximate surface area is 242 Å². The van der Waals surface area contributed by atoms with Gasteiger partial charge in [-0.25, -0.2) is 8.42 Å². The number of ether oxygens (including phenoxy) is 1. The minimum Gasteiger partial charge on any atom is -0.406 e. The monoisotopic (exact) mass is 616 g/mol. The van der Waals surface area contributed by atoms with Crippen LogP contribution in [0.25, 0.3) is 0 Å². The fourth-order valence-corrected chi connectivity index (χ4v) is 6.95. The number of hydrogen-bond acceptors (Lipinski definition) is 8. The highest BCUT2D eigenvalue weighted by molar-refractivity contribution is 7.98. The zero-order chi connectivity index (χ0) is 30.4. The number of halogens is 3. The standard InChI is InChI=1S/C27H35F3N4O5S2/c1-16(2)33-18-5-4-17(15-41(37,38)21-9-7-20(40-3)8-10-21)24(12-18)34-25(35)14-32-26(36)22-13-19(6-11-23(22)31)39-27(28,29)30/h6-11,13,16-18,24,33H,4-5,12,14-15,31H2,1-3H3,(H,32,36)(H,34,35)/t17-,18+,24-/m0/s1. The second kappa shape index (κ2) is 13.8. The molecule has 9 nitrogen and oxygen atoms in total. The summed E-state index contributed by atoms with van der Waals surface area (Å²) in [5.74, 6) is -2.57. The van der Waals surface area contributed by atoms with Crippen molar-refractivity contribution in [1.29, 1.82) is 0 Å². The molecular weight excluding hydrogens is 581 g/mol. The van der Waals surface area contributed by atoms with Gasteiger partial charge < -0.3 is 26.4 Å². The summed E-state index contributed by atoms with van der Waals surface area (Å²) >= 11 is 1.51. The first-order chi connectivity index (χ1) is 19.2. The van der Waals surface area contributed by atoms with Gasteiger partial charge in [-0.15, -0.1) is 24.9 Å². The highest BCUT2D eigenvalue weighted by Gasteiger charge is 2.35. The van der Waals surface area contributed by atoms with Gasteiger partial charge in [0.1, 0.15) is 5.75 Å². The number of carbonyl (C=O) groups excluding carboxylic acids is 2. The van der Waals surface area contributed by atoms with Gasteiger partial charge in [0.15, 0.2) is 9.84 Å². The minimum absolute atomic E-state index is 0.0610. The van der Waals surface area contributed by atoms with Gasteiger partial charge in [0.2, 0.25) is 5.91 Å². The lowest BCUT2D eigenvalue weighted by atomic mass is 9.82. The zero-order valence-electron chi connectivity index (χ0n) is 23.0. The van der Waals surface area contributed by atoms with E-state index >= 15 is 0 Å². The molecule has 0 heterocycles. The number of rotatable bonds is 11. The van der Waals surface area contributed by atoms with E-state index in [2.05, 4.69) is 20.7 Å². The van der Waals surface area contributed by atoms with Crippen molar-refractivity contribution in [3.8, 4) is 5.75 Å². The number of sulfone groups is 1. The van der Waals surface area contributed by atoms with Crippen molar-refractivity contribution in [3.05, 3.63) is 48.0 Å². The molecule has 3 atom stereocenters. The molecule has 41 heavy (non-hydrogen) atoms. The summed E-state index contributed by atoms with van der Waals surface area (Å²) in [6, 6.07) is 9.33. The summed E-state index contributed by atoms with van der Waals surface area (Å²) in [5.41, 5.74) is 5.37. The normalized spacial score (nSPS) is 19.5. The van der Waals surface area contributed by atoms with Crippen LogP contribution >= 0.6 is 11.8 Å². The highest BCUT2D eigenvalue weighted by atomic mass is 32.2. The Morgan fingerprint density at radius 1 is 1.12 bits per heavy atom. The summed E-state index contributed by atoms with van der Waals surface area (Å²) in [4.78, 5) is 26.6. The Morgan fingerprint density at radius 2 is 1.80 bits per heavy atom. The third-order valence-corrected chi connectivity index (χ3v) is 9.27. The Balaban J connectivity index is 1.68. The lowest BCUT2D eigenvalue weighted by Gasteiger charge is -2.37. The molecule has 0 radical (unpaired) electrons. The molecule has 2 amide bonds. The number of thioether (sulfide) groups is 1. The van der Waals surface area contributed by atoms with Gasteiger partial charge in [0, 0.05) is 28.7 Å². The Bertz CT molecular complexity index is 1320. The third kappa shape index (κ3) is 9.82. The van der Waals surface area contributed by atoms with E-state index in [0.717, 1.165) is 29.5 Å². The second-order valence-electron chi connectivity index (χ2n) is 10.2. The van der Waals surface area contributed by atoms with Crippen LogP contribution in [0.2, 0.25) is 0 Å². The molecule has 0 spiro atoms. The molecule has 1 aliphatic carbocycles. The first-order valence-corrected chi connectivity index (χ1v) is 15.9. The summed E-state index contributed by atoms with van der Waals surface area (Å²) in [7, 11) is -3.63. The molecule has 1 saturated carbocycles. The molecule has 0 aromatic heterocycles. The van der Waals surface area contributed by atoms with E-state index in [4.69, 9.17) is 5.73 Å². The van der Waals surface area contributed by atoms with Crippen molar-refractivity contribution in [2.24, 2.45) is 5.92 Å². The number of anilines is 1. The lowest BCUT2D eigenvalue weighted by Crippen LogP contribution is -2.53. The fraction of sp³-hybridized carbons (Fsp3) is 0.481. The van der Waals surface area contributed by atoms with Gasteiger partial charge in [0.05, 0.1) is 22.8 Å². The van der Waals surface area contributed by atoms with Crippen LogP contribution in [0, 0.1) is 5.92 Å². The van der Waals surface area contributed by atoms with Crippen LogP contribution in [-0.4, -0.2) is 63.3 Å². The van der Waals surface area contributed by atoms with Crippen LogP contribution in [-0.2, 0) is 14.6 Å². The van der Waals surface area contributed by atoms with Crippen LogP contribution < -0.4 is 26.4 Å². The first-order valence-electron chi connectivity index (χ1n) is 13.0.